The second kappa shape index (κ2) is 5.59. The molecule has 0 radical (unpaired) electrons. The van der Waals surface area contributed by atoms with Gasteiger partial charge in [0.15, 0.2) is 0 Å². The van der Waals surface area contributed by atoms with Gasteiger partial charge >= 0.3 is 0 Å². The molecule has 1 aromatic rings. The summed E-state index contributed by atoms with van der Waals surface area (Å²) >= 11 is 0. The van der Waals surface area contributed by atoms with Crippen molar-refractivity contribution in [3.8, 4) is 0 Å². The molecule has 0 atom stereocenters. The number of rotatable bonds is 4. The van der Waals surface area contributed by atoms with Crippen LogP contribution in [0.5, 0.6) is 0 Å². The van der Waals surface area contributed by atoms with Crippen LogP contribution in [0.15, 0.2) is 23.8 Å². The van der Waals surface area contributed by atoms with Crippen molar-refractivity contribution in [1.82, 2.24) is 0 Å². The van der Waals surface area contributed by atoms with Gasteiger partial charge in [0.2, 0.25) is 0 Å². The molecule has 0 unspecified atom stereocenters. The molecule has 4 nitrogen and oxygen atoms in total. The van der Waals surface area contributed by atoms with E-state index >= 15 is 0 Å². The van der Waals surface area contributed by atoms with Crippen molar-refractivity contribution in [3.63, 3.8) is 0 Å². The number of nitro benzene ring substituents is 1. The average molecular weight is 235 g/mol. The second-order valence-corrected chi connectivity index (χ2v) is 4.34. The number of aryl methyl sites for hydroxylation is 1. The Hall–Kier alpha value is -1.68. The monoisotopic (exact) mass is 235 g/mol. The number of aliphatic hydroxyl groups is 1. The zero-order valence-corrected chi connectivity index (χ0v) is 10.3. The highest BCUT2D eigenvalue weighted by molar-refractivity contribution is 5.58. The molecule has 1 N–H and O–H groups in total. The molecule has 4 heteroatoms. The summed E-state index contributed by atoms with van der Waals surface area (Å²) < 4.78 is 0. The van der Waals surface area contributed by atoms with Crippen molar-refractivity contribution in [1.29, 1.82) is 0 Å². The highest BCUT2D eigenvalue weighted by Crippen LogP contribution is 2.22. The van der Waals surface area contributed by atoms with Gasteiger partial charge in [-0.25, -0.2) is 0 Å². The Morgan fingerprint density at radius 3 is 2.65 bits per heavy atom. The lowest BCUT2D eigenvalue weighted by molar-refractivity contribution is -0.385. The number of nitro groups is 1. The highest BCUT2D eigenvalue weighted by Gasteiger charge is 2.10. The van der Waals surface area contributed by atoms with E-state index < -0.39 is 0 Å². The number of nitrogens with zero attached hydrogens (tertiary/aromatic N) is 1. The molecule has 1 aromatic carbocycles. The van der Waals surface area contributed by atoms with E-state index in [4.69, 9.17) is 0 Å². The molecule has 0 aliphatic rings. The van der Waals surface area contributed by atoms with Crippen LogP contribution in [0.2, 0.25) is 0 Å². The third kappa shape index (κ3) is 3.39. The highest BCUT2D eigenvalue weighted by atomic mass is 16.6. The molecule has 0 saturated heterocycles. The van der Waals surface area contributed by atoms with E-state index in [9.17, 15) is 15.2 Å². The van der Waals surface area contributed by atoms with Gasteiger partial charge in [0, 0.05) is 11.6 Å². The lowest BCUT2D eigenvalue weighted by Gasteiger charge is -2.08. The standard InChI is InChI=1S/C13H17NO3/c1-9(2)12(8-15)6-11-5-4-10(3)13(7-11)14(16)17/h4-7,9,15H,8H2,1-3H3. The van der Waals surface area contributed by atoms with Crippen LogP contribution in [0.1, 0.15) is 25.0 Å². The average Bonchev–Trinajstić information content (AvgIpc) is 2.27. The summed E-state index contributed by atoms with van der Waals surface area (Å²) in [5.41, 5.74) is 2.37. The fraction of sp³-hybridized carbons (Fsp3) is 0.385. The fourth-order valence-electron chi connectivity index (χ4n) is 1.52. The number of benzene rings is 1. The molecule has 0 bridgehead atoms. The minimum Gasteiger partial charge on any atom is -0.392 e. The zero-order valence-electron chi connectivity index (χ0n) is 10.3. The Kier molecular flexibility index (Phi) is 4.40. The van der Waals surface area contributed by atoms with E-state index in [0.717, 1.165) is 11.1 Å². The summed E-state index contributed by atoms with van der Waals surface area (Å²) in [4.78, 5) is 10.4. The minimum absolute atomic E-state index is 0.0284. The number of hydrogen-bond acceptors (Lipinski definition) is 3. The molecule has 0 aliphatic carbocycles. The van der Waals surface area contributed by atoms with Gasteiger partial charge in [-0.3, -0.25) is 10.1 Å². The van der Waals surface area contributed by atoms with Crippen LogP contribution in [0, 0.1) is 23.0 Å². The molecule has 0 spiro atoms. The summed E-state index contributed by atoms with van der Waals surface area (Å²) in [6.07, 6.45) is 1.80. The number of hydrogen-bond donors (Lipinski definition) is 1. The van der Waals surface area contributed by atoms with Gasteiger partial charge in [-0.15, -0.1) is 0 Å². The van der Waals surface area contributed by atoms with Crippen LogP contribution in [0.3, 0.4) is 0 Å². The maximum atomic E-state index is 10.8. The zero-order chi connectivity index (χ0) is 13.0. The van der Waals surface area contributed by atoms with E-state index in [1.807, 2.05) is 19.9 Å². The largest absolute Gasteiger partial charge is 0.392 e. The topological polar surface area (TPSA) is 63.4 Å². The minimum atomic E-state index is -0.388. The predicted octanol–water partition coefficient (Wildman–Crippen LogP) is 2.93. The normalized spacial score (nSPS) is 11.9. The molecule has 0 aliphatic heterocycles. The van der Waals surface area contributed by atoms with Crippen LogP contribution in [-0.2, 0) is 0 Å². The van der Waals surface area contributed by atoms with Crippen molar-refractivity contribution in [3.05, 3.63) is 45.0 Å². The number of aliphatic hydroxyl groups excluding tert-OH is 1. The van der Waals surface area contributed by atoms with Crippen molar-refractivity contribution >= 4 is 11.8 Å². The third-order valence-corrected chi connectivity index (χ3v) is 2.71. The Bertz CT molecular complexity index is 450. The Morgan fingerprint density at radius 2 is 2.18 bits per heavy atom. The second-order valence-electron chi connectivity index (χ2n) is 4.34. The van der Waals surface area contributed by atoms with E-state index in [2.05, 4.69) is 0 Å². The Morgan fingerprint density at radius 1 is 1.53 bits per heavy atom. The molecule has 92 valence electrons. The summed E-state index contributed by atoms with van der Waals surface area (Å²) in [5.74, 6) is 0.223. The summed E-state index contributed by atoms with van der Waals surface area (Å²) in [6, 6.07) is 5.08. The molecule has 0 heterocycles. The van der Waals surface area contributed by atoms with Crippen molar-refractivity contribution in [2.24, 2.45) is 5.92 Å². The smallest absolute Gasteiger partial charge is 0.272 e. The van der Waals surface area contributed by atoms with Gasteiger partial charge in [0.05, 0.1) is 11.5 Å². The predicted molar refractivity (Wildman–Crippen MR) is 67.7 cm³/mol. The molecular weight excluding hydrogens is 218 g/mol. The van der Waals surface area contributed by atoms with Gasteiger partial charge in [-0.2, -0.15) is 0 Å². The van der Waals surface area contributed by atoms with Crippen LogP contribution in [0.4, 0.5) is 5.69 Å². The third-order valence-electron chi connectivity index (χ3n) is 2.71. The lowest BCUT2D eigenvalue weighted by Crippen LogP contribution is -1.99. The van der Waals surface area contributed by atoms with E-state index in [0.29, 0.717) is 5.56 Å². The summed E-state index contributed by atoms with van der Waals surface area (Å²) in [7, 11) is 0. The Labute approximate surface area is 101 Å². The van der Waals surface area contributed by atoms with Gasteiger partial charge < -0.3 is 5.11 Å². The van der Waals surface area contributed by atoms with E-state index in [1.54, 1.807) is 19.1 Å². The Balaban J connectivity index is 3.16. The van der Waals surface area contributed by atoms with Gasteiger partial charge in [-0.1, -0.05) is 32.1 Å². The first-order valence-corrected chi connectivity index (χ1v) is 5.52. The fourth-order valence-corrected chi connectivity index (χ4v) is 1.52. The van der Waals surface area contributed by atoms with Crippen LogP contribution in [-0.4, -0.2) is 16.6 Å². The SMILES string of the molecule is Cc1ccc(C=C(CO)C(C)C)cc1[N+](=O)[O-]. The van der Waals surface area contributed by atoms with Crippen molar-refractivity contribution in [2.45, 2.75) is 20.8 Å². The summed E-state index contributed by atoms with van der Waals surface area (Å²) in [6.45, 7) is 5.63. The van der Waals surface area contributed by atoms with E-state index in [1.165, 1.54) is 6.07 Å². The summed E-state index contributed by atoms with van der Waals surface area (Å²) in [5, 5.41) is 20.0. The van der Waals surface area contributed by atoms with Crippen molar-refractivity contribution in [2.75, 3.05) is 6.61 Å². The molecule has 0 aromatic heterocycles. The van der Waals surface area contributed by atoms with Crippen LogP contribution < -0.4 is 0 Å². The first kappa shape index (κ1) is 13.4. The lowest BCUT2D eigenvalue weighted by atomic mass is 10.0. The van der Waals surface area contributed by atoms with E-state index in [-0.39, 0.29) is 23.1 Å². The van der Waals surface area contributed by atoms with Crippen LogP contribution >= 0.6 is 0 Å². The maximum absolute atomic E-state index is 10.8. The van der Waals surface area contributed by atoms with Gasteiger partial charge in [-0.05, 0) is 24.0 Å². The van der Waals surface area contributed by atoms with Crippen molar-refractivity contribution < 1.29 is 10.0 Å². The molecule has 1 rings (SSSR count). The molecular formula is C13H17NO3. The molecule has 0 saturated carbocycles. The quantitative estimate of drug-likeness (QED) is 0.644. The van der Waals surface area contributed by atoms with Gasteiger partial charge in [0.1, 0.15) is 0 Å². The first-order valence-electron chi connectivity index (χ1n) is 5.52. The van der Waals surface area contributed by atoms with Gasteiger partial charge in [0.25, 0.3) is 5.69 Å². The first-order chi connectivity index (χ1) is 7.95. The maximum Gasteiger partial charge on any atom is 0.272 e. The van der Waals surface area contributed by atoms with Crippen LogP contribution in [0.25, 0.3) is 6.08 Å². The molecule has 0 fully saturated rings. The molecule has 0 amide bonds. The molecule has 17 heavy (non-hydrogen) atoms.